The summed E-state index contributed by atoms with van der Waals surface area (Å²) in [5, 5.41) is 4.60. The number of anilines is 1. The molecule has 1 fully saturated rings. The van der Waals surface area contributed by atoms with Crippen LogP contribution in [0.15, 0.2) is 36.9 Å². The number of nitrogens with one attached hydrogen (secondary N) is 2. The quantitative estimate of drug-likeness (QED) is 0.135. The molecule has 5 atom stereocenters. The third kappa shape index (κ3) is 10.6. The molecular weight excluding hydrogens is 584 g/mol. The summed E-state index contributed by atoms with van der Waals surface area (Å²) in [5.41, 5.74) is 0.291. The van der Waals surface area contributed by atoms with Crippen molar-refractivity contribution in [2.75, 3.05) is 11.9 Å². The van der Waals surface area contributed by atoms with Crippen molar-refractivity contribution >= 4 is 48.7 Å². The van der Waals surface area contributed by atoms with Gasteiger partial charge in [-0.1, -0.05) is 6.58 Å². The molecule has 38 heavy (non-hydrogen) atoms. The third-order valence-electron chi connectivity index (χ3n) is 4.42. The highest BCUT2D eigenvalue weighted by molar-refractivity contribution is 7.81. The topological polar surface area (TPSA) is 267 Å². The normalized spacial score (nSPS) is 24.3. The molecule has 1 heterocycles. The van der Waals surface area contributed by atoms with E-state index in [4.69, 9.17) is 14.0 Å². The Bertz CT molecular complexity index is 1340. The van der Waals surface area contributed by atoms with E-state index in [2.05, 4.69) is 29.8 Å². The predicted octanol–water partition coefficient (Wildman–Crippen LogP) is -1.39. The van der Waals surface area contributed by atoms with E-state index in [1.165, 1.54) is 24.3 Å². The van der Waals surface area contributed by atoms with E-state index < -0.39 is 80.3 Å². The van der Waals surface area contributed by atoms with E-state index in [9.17, 15) is 43.9 Å². The van der Waals surface area contributed by atoms with Crippen LogP contribution in [0.5, 0.6) is 5.75 Å². The smallest absolute Gasteiger partial charge is 0.397 e. The molecule has 21 heteroatoms. The minimum Gasteiger partial charge on any atom is -0.463 e. The number of carbonyl (C=O) groups excluding carboxylic acids is 2. The summed E-state index contributed by atoms with van der Waals surface area (Å²) < 4.78 is 119. The largest absolute Gasteiger partial charge is 0.463 e. The van der Waals surface area contributed by atoms with Crippen LogP contribution in [0.3, 0.4) is 0 Å². The lowest BCUT2D eigenvalue weighted by Crippen LogP contribution is -2.67. The van der Waals surface area contributed by atoms with Gasteiger partial charge in [0.15, 0.2) is 0 Å². The molecule has 2 amide bonds. The summed E-state index contributed by atoms with van der Waals surface area (Å²) in [6.45, 7) is 2.98. The van der Waals surface area contributed by atoms with Crippen molar-refractivity contribution in [3.05, 3.63) is 36.9 Å². The molecule has 0 bridgehead atoms. The molecule has 1 aliphatic rings. The minimum absolute atomic E-state index is 0.0591. The van der Waals surface area contributed by atoms with Gasteiger partial charge in [0, 0.05) is 12.6 Å². The highest BCUT2D eigenvalue weighted by atomic mass is 32.3. The van der Waals surface area contributed by atoms with Crippen molar-refractivity contribution in [3.63, 3.8) is 0 Å². The standard InChI is InChI=1S/C17H22N2O16S3/c1-3-13(21)19-10-4-6-11(7-5-10)32-17-14(18-9(2)20)16(35-38(28,29)30)15(34-37(25,26)27)12(33-17)8-31-36(22,23)24/h3-7,12,14-17H,1,8H2,2H3,(H,18,20)(H,19,21)(H,22,23,24)(H,25,26,27)(H,28,29,30)/t12-,14-,15-,16-,17-/m1/s1. The summed E-state index contributed by atoms with van der Waals surface area (Å²) in [4.78, 5) is 23.3. The summed E-state index contributed by atoms with van der Waals surface area (Å²) in [6, 6.07) is 3.43. The molecule has 18 nitrogen and oxygen atoms in total. The first-order valence-corrected chi connectivity index (χ1v) is 14.0. The monoisotopic (exact) mass is 606 g/mol. The van der Waals surface area contributed by atoms with Crippen molar-refractivity contribution in [2.24, 2.45) is 0 Å². The Balaban J connectivity index is 2.52. The van der Waals surface area contributed by atoms with Gasteiger partial charge in [0.1, 0.15) is 30.1 Å². The van der Waals surface area contributed by atoms with Crippen LogP contribution < -0.4 is 15.4 Å². The van der Waals surface area contributed by atoms with Crippen LogP contribution in [-0.2, 0) is 58.1 Å². The molecule has 0 saturated carbocycles. The molecule has 0 aliphatic carbocycles. The molecule has 1 aromatic carbocycles. The highest BCUT2D eigenvalue weighted by Crippen LogP contribution is 2.31. The van der Waals surface area contributed by atoms with Crippen LogP contribution in [-0.4, -0.2) is 88.0 Å². The van der Waals surface area contributed by atoms with Crippen molar-refractivity contribution in [3.8, 4) is 5.75 Å². The zero-order valence-electron chi connectivity index (χ0n) is 19.1. The van der Waals surface area contributed by atoms with Gasteiger partial charge in [-0.25, -0.2) is 12.5 Å². The molecular formula is C17H22N2O16S3. The van der Waals surface area contributed by atoms with Gasteiger partial charge in [0.25, 0.3) is 0 Å². The zero-order valence-corrected chi connectivity index (χ0v) is 21.5. The van der Waals surface area contributed by atoms with E-state index in [0.29, 0.717) is 5.69 Å². The van der Waals surface area contributed by atoms with E-state index in [1.54, 1.807) is 0 Å². The fourth-order valence-corrected chi connectivity index (χ4v) is 4.47. The van der Waals surface area contributed by atoms with Crippen LogP contribution in [0.4, 0.5) is 5.69 Å². The van der Waals surface area contributed by atoms with Crippen molar-refractivity contribution in [2.45, 2.75) is 37.6 Å². The van der Waals surface area contributed by atoms with Crippen molar-refractivity contribution < 1.29 is 70.5 Å². The maximum Gasteiger partial charge on any atom is 0.397 e. The second-order valence-corrected chi connectivity index (χ2v) is 10.5. The molecule has 1 aromatic rings. The Morgan fingerprint density at radius 1 is 0.974 bits per heavy atom. The van der Waals surface area contributed by atoms with Gasteiger partial charge < -0.3 is 20.1 Å². The molecule has 0 unspecified atom stereocenters. The number of ether oxygens (including phenoxy) is 2. The molecule has 0 radical (unpaired) electrons. The Hall–Kier alpha value is -2.73. The minimum atomic E-state index is -5.44. The zero-order chi connectivity index (χ0) is 28.9. The van der Waals surface area contributed by atoms with E-state index in [1.807, 2.05) is 0 Å². The van der Waals surface area contributed by atoms with Gasteiger partial charge in [-0.2, -0.15) is 25.3 Å². The third-order valence-corrected chi connectivity index (χ3v) is 5.79. The number of carbonyl (C=O) groups is 2. The SMILES string of the molecule is C=CC(=O)Nc1ccc(O[C@@H]2O[C@H](COS(=O)(=O)O)[C@@H](OS(=O)(=O)O)[C@H](OS(=O)(=O)O)[C@H]2NC(C)=O)cc1. The Morgan fingerprint density at radius 3 is 2.00 bits per heavy atom. The number of benzene rings is 1. The average molecular weight is 607 g/mol. The highest BCUT2D eigenvalue weighted by Gasteiger charge is 2.53. The second kappa shape index (κ2) is 12.4. The molecule has 214 valence electrons. The van der Waals surface area contributed by atoms with Gasteiger partial charge in [-0.15, -0.1) is 0 Å². The lowest BCUT2D eigenvalue weighted by Gasteiger charge is -2.44. The van der Waals surface area contributed by atoms with Crippen molar-refractivity contribution in [1.29, 1.82) is 0 Å². The first kappa shape index (κ1) is 31.5. The first-order valence-electron chi connectivity index (χ1n) is 9.93. The lowest BCUT2D eigenvalue weighted by atomic mass is 9.97. The maximum absolute atomic E-state index is 11.8. The number of rotatable bonds is 12. The first-order chi connectivity index (χ1) is 17.4. The van der Waals surface area contributed by atoms with Gasteiger partial charge in [-0.3, -0.25) is 23.2 Å². The van der Waals surface area contributed by atoms with Gasteiger partial charge in [0.05, 0.1) is 6.61 Å². The van der Waals surface area contributed by atoms with Gasteiger partial charge in [0.2, 0.25) is 18.1 Å². The summed E-state index contributed by atoms with van der Waals surface area (Å²) in [6.07, 6.45) is -7.42. The average Bonchev–Trinajstić information content (AvgIpc) is 2.75. The Kier molecular flexibility index (Phi) is 10.3. The van der Waals surface area contributed by atoms with E-state index >= 15 is 0 Å². The summed E-state index contributed by atoms with van der Waals surface area (Å²) in [7, 11) is -16.1. The fourth-order valence-electron chi connectivity index (χ4n) is 3.13. The Morgan fingerprint density at radius 2 is 1.53 bits per heavy atom. The predicted molar refractivity (Wildman–Crippen MR) is 123 cm³/mol. The second-order valence-electron chi connectivity index (χ2n) is 7.29. The molecule has 1 saturated heterocycles. The number of hydrogen-bond acceptors (Lipinski definition) is 13. The number of hydrogen-bond donors (Lipinski definition) is 5. The van der Waals surface area contributed by atoms with Crippen LogP contribution in [0.2, 0.25) is 0 Å². The molecule has 5 N–H and O–H groups in total. The van der Waals surface area contributed by atoms with Crippen LogP contribution in [0.25, 0.3) is 0 Å². The summed E-state index contributed by atoms with van der Waals surface area (Å²) >= 11 is 0. The molecule has 1 aliphatic heterocycles. The maximum atomic E-state index is 11.8. The fraction of sp³-hybridized carbons (Fsp3) is 0.412. The van der Waals surface area contributed by atoms with Crippen LogP contribution in [0, 0.1) is 0 Å². The molecule has 2 rings (SSSR count). The Labute approximate surface area is 216 Å². The number of amides is 2. The summed E-state index contributed by atoms with van der Waals surface area (Å²) in [5.74, 6) is -1.47. The van der Waals surface area contributed by atoms with E-state index in [-0.39, 0.29) is 5.75 Å². The van der Waals surface area contributed by atoms with E-state index in [0.717, 1.165) is 13.0 Å². The lowest BCUT2D eigenvalue weighted by molar-refractivity contribution is -0.232. The van der Waals surface area contributed by atoms with Gasteiger partial charge >= 0.3 is 31.2 Å². The van der Waals surface area contributed by atoms with Crippen LogP contribution >= 0.6 is 0 Å². The van der Waals surface area contributed by atoms with Crippen molar-refractivity contribution in [1.82, 2.24) is 5.32 Å². The molecule has 0 aromatic heterocycles. The molecule has 0 spiro atoms. The van der Waals surface area contributed by atoms with Gasteiger partial charge in [-0.05, 0) is 30.3 Å². The van der Waals surface area contributed by atoms with Crippen LogP contribution in [0.1, 0.15) is 6.92 Å².